The molecule has 2 aromatic carbocycles. The Labute approximate surface area is 120 Å². The van der Waals surface area contributed by atoms with Crippen LogP contribution in [0.4, 0.5) is 4.39 Å². The lowest BCUT2D eigenvalue weighted by molar-refractivity contribution is 0.464. The van der Waals surface area contributed by atoms with E-state index >= 15 is 0 Å². The highest BCUT2D eigenvalue weighted by Gasteiger charge is 2.29. The Morgan fingerprint density at radius 3 is 2.74 bits per heavy atom. The minimum absolute atomic E-state index is 0.0770. The van der Waals surface area contributed by atoms with Crippen LogP contribution in [0.2, 0.25) is 0 Å². The fourth-order valence-corrected chi connectivity index (χ4v) is 3.39. The highest BCUT2D eigenvalue weighted by atomic mass is 79.9. The highest BCUT2D eigenvalue weighted by molar-refractivity contribution is 9.10. The van der Waals surface area contributed by atoms with Gasteiger partial charge >= 0.3 is 0 Å². The van der Waals surface area contributed by atoms with Crippen LogP contribution in [0.25, 0.3) is 0 Å². The van der Waals surface area contributed by atoms with E-state index in [4.69, 9.17) is 5.73 Å². The normalized spacial score (nSPS) is 21.4. The monoisotopic (exact) mass is 319 g/mol. The minimum atomic E-state index is -0.213. The van der Waals surface area contributed by atoms with Crippen LogP contribution in [0.1, 0.15) is 22.7 Å². The summed E-state index contributed by atoms with van der Waals surface area (Å²) in [4.78, 5) is 0. The molecule has 2 N–H and O–H groups in total. The summed E-state index contributed by atoms with van der Waals surface area (Å²) >= 11 is 3.43. The molecule has 0 heterocycles. The van der Waals surface area contributed by atoms with Gasteiger partial charge in [0.25, 0.3) is 0 Å². The van der Waals surface area contributed by atoms with E-state index in [9.17, 15) is 4.39 Å². The number of fused-ring (bicyclic) bond motifs is 1. The Kier molecular flexibility index (Phi) is 3.42. The van der Waals surface area contributed by atoms with Crippen LogP contribution < -0.4 is 5.73 Å². The molecule has 19 heavy (non-hydrogen) atoms. The van der Waals surface area contributed by atoms with Gasteiger partial charge in [-0.1, -0.05) is 46.3 Å². The molecule has 0 amide bonds. The summed E-state index contributed by atoms with van der Waals surface area (Å²) in [5.41, 5.74) is 10.0. The van der Waals surface area contributed by atoms with Gasteiger partial charge in [-0.15, -0.1) is 0 Å². The second-order valence-electron chi connectivity index (χ2n) is 5.13. The first-order chi connectivity index (χ1) is 9.15. The van der Waals surface area contributed by atoms with Crippen molar-refractivity contribution < 1.29 is 4.39 Å². The second kappa shape index (κ2) is 5.06. The van der Waals surface area contributed by atoms with Gasteiger partial charge in [0.1, 0.15) is 5.82 Å². The standard InChI is InChI=1S/C16H15BrFN/c17-15-9-13(18)6-5-11(15)8-12-7-10-3-1-2-4-14(10)16(12)19/h1-6,9,12,16H,7-8,19H2. The third kappa shape index (κ3) is 2.45. The van der Waals surface area contributed by atoms with E-state index in [0.717, 1.165) is 22.9 Å². The molecule has 0 aliphatic heterocycles. The molecule has 0 saturated carbocycles. The van der Waals surface area contributed by atoms with Crippen molar-refractivity contribution >= 4 is 15.9 Å². The van der Waals surface area contributed by atoms with Crippen molar-refractivity contribution in [1.29, 1.82) is 0 Å². The third-order valence-corrected chi connectivity index (χ3v) is 4.64. The lowest BCUT2D eigenvalue weighted by Gasteiger charge is -2.17. The molecule has 2 aromatic rings. The molecule has 3 heteroatoms. The molecular weight excluding hydrogens is 305 g/mol. The quantitative estimate of drug-likeness (QED) is 0.889. The van der Waals surface area contributed by atoms with Crippen LogP contribution in [0.3, 0.4) is 0 Å². The van der Waals surface area contributed by atoms with Gasteiger partial charge in [0.15, 0.2) is 0 Å². The van der Waals surface area contributed by atoms with E-state index in [2.05, 4.69) is 34.1 Å². The van der Waals surface area contributed by atoms with Crippen LogP contribution in [0.15, 0.2) is 46.9 Å². The van der Waals surface area contributed by atoms with Crippen molar-refractivity contribution in [3.63, 3.8) is 0 Å². The minimum Gasteiger partial charge on any atom is -0.324 e. The van der Waals surface area contributed by atoms with Crippen molar-refractivity contribution in [3.8, 4) is 0 Å². The Morgan fingerprint density at radius 2 is 2.00 bits per heavy atom. The number of hydrogen-bond donors (Lipinski definition) is 1. The largest absolute Gasteiger partial charge is 0.324 e. The van der Waals surface area contributed by atoms with Gasteiger partial charge in [-0.25, -0.2) is 4.39 Å². The molecular formula is C16H15BrFN. The van der Waals surface area contributed by atoms with E-state index in [1.807, 2.05) is 12.1 Å². The zero-order chi connectivity index (χ0) is 13.4. The smallest absolute Gasteiger partial charge is 0.124 e. The van der Waals surface area contributed by atoms with Crippen molar-refractivity contribution in [1.82, 2.24) is 0 Å². The van der Waals surface area contributed by atoms with E-state index in [0.29, 0.717) is 5.92 Å². The maximum absolute atomic E-state index is 13.1. The molecule has 0 fully saturated rings. The molecule has 0 radical (unpaired) electrons. The van der Waals surface area contributed by atoms with Gasteiger partial charge in [0, 0.05) is 10.5 Å². The van der Waals surface area contributed by atoms with Gasteiger partial charge in [0.2, 0.25) is 0 Å². The molecule has 1 aliphatic carbocycles. The molecule has 2 atom stereocenters. The first-order valence-corrected chi connectivity index (χ1v) is 7.22. The van der Waals surface area contributed by atoms with Crippen LogP contribution in [0, 0.1) is 11.7 Å². The Hall–Kier alpha value is -1.19. The predicted molar refractivity (Wildman–Crippen MR) is 78.4 cm³/mol. The summed E-state index contributed by atoms with van der Waals surface area (Å²) in [5.74, 6) is 0.175. The van der Waals surface area contributed by atoms with Gasteiger partial charge in [0.05, 0.1) is 0 Å². The van der Waals surface area contributed by atoms with Crippen LogP contribution >= 0.6 is 15.9 Å². The van der Waals surface area contributed by atoms with Gasteiger partial charge in [-0.2, -0.15) is 0 Å². The van der Waals surface area contributed by atoms with E-state index in [1.54, 1.807) is 0 Å². The van der Waals surface area contributed by atoms with Gasteiger partial charge < -0.3 is 5.73 Å². The lowest BCUT2D eigenvalue weighted by Crippen LogP contribution is -2.19. The molecule has 1 nitrogen and oxygen atoms in total. The number of nitrogens with two attached hydrogens (primary N) is 1. The lowest BCUT2D eigenvalue weighted by atomic mass is 9.93. The van der Waals surface area contributed by atoms with Crippen molar-refractivity contribution in [2.24, 2.45) is 11.7 Å². The topological polar surface area (TPSA) is 26.0 Å². The van der Waals surface area contributed by atoms with Crippen LogP contribution in [0.5, 0.6) is 0 Å². The molecule has 0 spiro atoms. The average molecular weight is 320 g/mol. The maximum Gasteiger partial charge on any atom is 0.124 e. The molecule has 98 valence electrons. The summed E-state index contributed by atoms with van der Waals surface area (Å²) in [6.45, 7) is 0. The molecule has 0 bridgehead atoms. The zero-order valence-electron chi connectivity index (χ0n) is 10.4. The van der Waals surface area contributed by atoms with Crippen molar-refractivity contribution in [2.75, 3.05) is 0 Å². The van der Waals surface area contributed by atoms with E-state index < -0.39 is 0 Å². The zero-order valence-corrected chi connectivity index (χ0v) is 12.0. The number of rotatable bonds is 2. The third-order valence-electron chi connectivity index (χ3n) is 3.90. The predicted octanol–water partition coefficient (Wildman–Crippen LogP) is 4.00. The fourth-order valence-electron chi connectivity index (χ4n) is 2.88. The first-order valence-electron chi connectivity index (χ1n) is 6.42. The van der Waals surface area contributed by atoms with Crippen LogP contribution in [-0.2, 0) is 12.8 Å². The summed E-state index contributed by atoms with van der Waals surface area (Å²) in [5, 5.41) is 0. The van der Waals surface area contributed by atoms with Gasteiger partial charge in [-0.05, 0) is 47.6 Å². The first kappa shape index (κ1) is 12.8. The molecule has 0 saturated heterocycles. The number of halogens is 2. The number of hydrogen-bond acceptors (Lipinski definition) is 1. The SMILES string of the molecule is NC1c2ccccc2CC1Cc1ccc(F)cc1Br. The fraction of sp³-hybridized carbons (Fsp3) is 0.250. The molecule has 1 aliphatic rings. The van der Waals surface area contributed by atoms with Crippen LogP contribution in [-0.4, -0.2) is 0 Å². The average Bonchev–Trinajstić information content (AvgIpc) is 2.70. The molecule has 3 rings (SSSR count). The summed E-state index contributed by atoms with van der Waals surface area (Å²) in [7, 11) is 0. The van der Waals surface area contributed by atoms with E-state index in [-0.39, 0.29) is 11.9 Å². The van der Waals surface area contributed by atoms with E-state index in [1.165, 1.54) is 23.3 Å². The molecule has 0 aromatic heterocycles. The Morgan fingerprint density at radius 1 is 1.21 bits per heavy atom. The maximum atomic E-state index is 13.1. The molecule has 2 unspecified atom stereocenters. The summed E-state index contributed by atoms with van der Waals surface area (Å²) in [6, 6.07) is 13.3. The Balaban J connectivity index is 1.83. The Bertz CT molecular complexity index is 611. The highest BCUT2D eigenvalue weighted by Crippen LogP contribution is 2.37. The van der Waals surface area contributed by atoms with Crippen molar-refractivity contribution in [2.45, 2.75) is 18.9 Å². The summed E-state index contributed by atoms with van der Waals surface area (Å²) in [6.07, 6.45) is 1.87. The van der Waals surface area contributed by atoms with Crippen molar-refractivity contribution in [3.05, 3.63) is 69.4 Å². The summed E-state index contributed by atoms with van der Waals surface area (Å²) < 4.78 is 13.9. The number of benzene rings is 2. The van der Waals surface area contributed by atoms with Gasteiger partial charge in [-0.3, -0.25) is 0 Å². The second-order valence-corrected chi connectivity index (χ2v) is 5.98.